The molecule has 7 heteroatoms. The van der Waals surface area contributed by atoms with E-state index in [9.17, 15) is 14.7 Å². The molecule has 5 nitrogen and oxygen atoms in total. The number of hydrogen-bond donors (Lipinski definition) is 2. The number of hydrogen-bond acceptors (Lipinski definition) is 3. The third-order valence-corrected chi connectivity index (χ3v) is 6.44. The Morgan fingerprint density at radius 1 is 1.06 bits per heavy atom. The summed E-state index contributed by atoms with van der Waals surface area (Å²) >= 11 is 9.61. The Balaban J connectivity index is 1.73. The van der Waals surface area contributed by atoms with E-state index in [1.807, 2.05) is 61.5 Å². The van der Waals surface area contributed by atoms with E-state index in [-0.39, 0.29) is 18.9 Å². The van der Waals surface area contributed by atoms with Gasteiger partial charge in [0.2, 0.25) is 0 Å². The predicted molar refractivity (Wildman–Crippen MR) is 138 cm³/mol. The van der Waals surface area contributed by atoms with Crippen molar-refractivity contribution in [1.82, 2.24) is 10.3 Å². The largest absolute Gasteiger partial charge is 0.481 e. The molecule has 1 atom stereocenters. The van der Waals surface area contributed by atoms with Crippen molar-refractivity contribution < 1.29 is 14.7 Å². The molecule has 0 saturated heterocycles. The van der Waals surface area contributed by atoms with Crippen LogP contribution in [0.25, 0.3) is 22.2 Å². The summed E-state index contributed by atoms with van der Waals surface area (Å²) in [5, 5.41) is 13.6. The van der Waals surface area contributed by atoms with Crippen molar-refractivity contribution in [3.8, 4) is 11.3 Å². The van der Waals surface area contributed by atoms with Gasteiger partial charge >= 0.3 is 5.97 Å². The summed E-state index contributed by atoms with van der Waals surface area (Å²) in [6, 6.07) is 22.4. The second kappa shape index (κ2) is 10.4. The van der Waals surface area contributed by atoms with Gasteiger partial charge in [-0.3, -0.25) is 9.59 Å². The second-order valence-electron chi connectivity index (χ2n) is 8.05. The van der Waals surface area contributed by atoms with Crippen molar-refractivity contribution in [2.24, 2.45) is 0 Å². The first-order valence-corrected chi connectivity index (χ1v) is 11.9. The van der Waals surface area contributed by atoms with Gasteiger partial charge in [0.1, 0.15) is 0 Å². The molecule has 0 unspecified atom stereocenters. The van der Waals surface area contributed by atoms with Gasteiger partial charge in [0.15, 0.2) is 0 Å². The van der Waals surface area contributed by atoms with Gasteiger partial charge in [0.05, 0.1) is 23.2 Å². The van der Waals surface area contributed by atoms with Crippen LogP contribution in [0.4, 0.5) is 0 Å². The quantitative estimate of drug-likeness (QED) is 0.278. The zero-order chi connectivity index (χ0) is 24.2. The lowest BCUT2D eigenvalue weighted by Gasteiger charge is -2.19. The van der Waals surface area contributed by atoms with Gasteiger partial charge in [-0.25, -0.2) is 4.98 Å². The van der Waals surface area contributed by atoms with Gasteiger partial charge < -0.3 is 10.4 Å². The number of amides is 1. The number of fused-ring (bicyclic) bond motifs is 1. The zero-order valence-electron chi connectivity index (χ0n) is 18.4. The Hall–Kier alpha value is -3.22. The summed E-state index contributed by atoms with van der Waals surface area (Å²) in [6.07, 6.45) is -0.127. The smallest absolute Gasteiger partial charge is 0.304 e. The molecule has 1 amide bonds. The van der Waals surface area contributed by atoms with E-state index >= 15 is 0 Å². The van der Waals surface area contributed by atoms with Gasteiger partial charge in [-0.1, -0.05) is 70.0 Å². The van der Waals surface area contributed by atoms with Gasteiger partial charge in [-0.15, -0.1) is 0 Å². The molecule has 0 aliphatic heterocycles. The van der Waals surface area contributed by atoms with Gasteiger partial charge in [0, 0.05) is 32.9 Å². The maximum Gasteiger partial charge on any atom is 0.304 e. The molecule has 0 aliphatic rings. The molecule has 172 valence electrons. The maximum absolute atomic E-state index is 13.5. The number of aliphatic carboxylic acids is 1. The summed E-state index contributed by atoms with van der Waals surface area (Å²) in [6.45, 7) is 2.04. The number of carboxylic acids is 1. The lowest BCUT2D eigenvalue weighted by atomic mass is 9.94. The van der Waals surface area contributed by atoms with Crippen LogP contribution in [0.15, 0.2) is 77.3 Å². The minimum absolute atomic E-state index is 0.127. The van der Waals surface area contributed by atoms with Crippen molar-refractivity contribution in [3.63, 3.8) is 0 Å². The Kier molecular flexibility index (Phi) is 7.29. The Labute approximate surface area is 210 Å². The summed E-state index contributed by atoms with van der Waals surface area (Å²) in [5.74, 6) is -1.65. The predicted octanol–water partition coefficient (Wildman–Crippen LogP) is 6.61. The first kappa shape index (κ1) is 23.9. The highest BCUT2D eigenvalue weighted by Gasteiger charge is 2.22. The molecule has 4 aromatic rings. The van der Waals surface area contributed by atoms with Crippen LogP contribution in [0, 0.1) is 6.92 Å². The van der Waals surface area contributed by atoms with E-state index in [0.717, 1.165) is 32.2 Å². The molecule has 0 saturated carbocycles. The lowest BCUT2D eigenvalue weighted by Crippen LogP contribution is -2.30. The van der Waals surface area contributed by atoms with Crippen LogP contribution in [-0.4, -0.2) is 28.5 Å². The number of nitrogens with one attached hydrogen (secondary N) is 1. The van der Waals surface area contributed by atoms with Gasteiger partial charge in [-0.2, -0.15) is 0 Å². The van der Waals surface area contributed by atoms with E-state index in [2.05, 4.69) is 21.2 Å². The van der Waals surface area contributed by atoms with Crippen molar-refractivity contribution in [2.75, 3.05) is 6.54 Å². The summed E-state index contributed by atoms with van der Waals surface area (Å²) in [7, 11) is 0. The number of carbonyl (C=O) groups is 2. The van der Waals surface area contributed by atoms with Crippen LogP contribution >= 0.6 is 27.5 Å². The van der Waals surface area contributed by atoms with E-state index in [4.69, 9.17) is 16.6 Å². The number of halogens is 2. The van der Waals surface area contributed by atoms with E-state index in [1.54, 1.807) is 18.2 Å². The second-order valence-corrected chi connectivity index (χ2v) is 9.40. The maximum atomic E-state index is 13.5. The highest BCUT2D eigenvalue weighted by atomic mass is 79.9. The summed E-state index contributed by atoms with van der Waals surface area (Å²) < 4.78 is 0.838. The average Bonchev–Trinajstić information content (AvgIpc) is 2.81. The third-order valence-electron chi connectivity index (χ3n) is 5.71. The molecule has 0 fully saturated rings. The van der Waals surface area contributed by atoms with Crippen molar-refractivity contribution in [1.29, 1.82) is 0 Å². The van der Waals surface area contributed by atoms with Gasteiger partial charge in [0.25, 0.3) is 5.91 Å². The monoisotopic (exact) mass is 536 g/mol. The fourth-order valence-corrected chi connectivity index (χ4v) is 4.64. The van der Waals surface area contributed by atoms with Gasteiger partial charge in [-0.05, 0) is 48.4 Å². The number of nitrogens with zero attached hydrogens (tertiary/aromatic N) is 1. The number of carbonyl (C=O) groups excluding carboxylic acids is 1. The average molecular weight is 538 g/mol. The van der Waals surface area contributed by atoms with Crippen LogP contribution in [0.5, 0.6) is 0 Å². The molecule has 1 aromatic heterocycles. The van der Waals surface area contributed by atoms with Crippen LogP contribution in [-0.2, 0) is 4.79 Å². The van der Waals surface area contributed by atoms with Crippen LogP contribution in [0.3, 0.4) is 0 Å². The number of rotatable bonds is 7. The number of carboxylic acid groups (broad SMARTS) is 1. The molecule has 0 spiro atoms. The fourth-order valence-electron chi connectivity index (χ4n) is 4.08. The SMILES string of the molecule is Cc1c(-c2ccccc2)nc2ccc(Br)cc2c1C(=O)NC[C@H](CC(=O)O)c1cccc(Cl)c1. The molecule has 4 rings (SSSR count). The number of pyridine rings is 1. The van der Waals surface area contributed by atoms with E-state index in [0.29, 0.717) is 16.1 Å². The van der Waals surface area contributed by atoms with E-state index in [1.165, 1.54) is 0 Å². The molecule has 2 N–H and O–H groups in total. The molecular formula is C27H22BrClN2O3. The topological polar surface area (TPSA) is 79.3 Å². The highest BCUT2D eigenvalue weighted by molar-refractivity contribution is 9.10. The first-order valence-electron chi connectivity index (χ1n) is 10.7. The highest BCUT2D eigenvalue weighted by Crippen LogP contribution is 2.31. The Morgan fingerprint density at radius 2 is 1.82 bits per heavy atom. The zero-order valence-corrected chi connectivity index (χ0v) is 20.7. The molecule has 0 radical (unpaired) electrons. The minimum Gasteiger partial charge on any atom is -0.481 e. The number of benzene rings is 3. The van der Waals surface area contributed by atoms with Crippen molar-refractivity contribution in [2.45, 2.75) is 19.3 Å². The third kappa shape index (κ3) is 5.29. The van der Waals surface area contributed by atoms with E-state index < -0.39 is 11.9 Å². The number of aromatic nitrogens is 1. The Morgan fingerprint density at radius 3 is 2.53 bits per heavy atom. The molecule has 0 bridgehead atoms. The minimum atomic E-state index is -0.944. The Bertz CT molecular complexity index is 1380. The summed E-state index contributed by atoms with van der Waals surface area (Å²) in [4.78, 5) is 29.9. The molecule has 3 aromatic carbocycles. The molecular weight excluding hydrogens is 516 g/mol. The fraction of sp³-hybridized carbons (Fsp3) is 0.148. The molecule has 34 heavy (non-hydrogen) atoms. The van der Waals surface area contributed by atoms with Crippen LogP contribution < -0.4 is 5.32 Å². The first-order chi connectivity index (χ1) is 16.3. The van der Waals surface area contributed by atoms with Crippen LogP contribution in [0.1, 0.15) is 33.8 Å². The molecule has 1 heterocycles. The standard InChI is InChI=1S/C27H22BrClN2O3/c1-16-25(27(34)30-15-19(13-24(32)33)18-8-5-9-21(29)12-18)22-14-20(28)10-11-23(22)31-26(16)17-6-3-2-4-7-17/h2-12,14,19H,13,15H2,1H3,(H,30,34)(H,32,33)/t19-/m0/s1. The lowest BCUT2D eigenvalue weighted by molar-refractivity contribution is -0.137. The van der Waals surface area contributed by atoms with Crippen LogP contribution in [0.2, 0.25) is 5.02 Å². The normalized spacial score (nSPS) is 11.9. The van der Waals surface area contributed by atoms with Crippen molar-refractivity contribution in [3.05, 3.63) is 99.0 Å². The summed E-state index contributed by atoms with van der Waals surface area (Å²) in [5.41, 5.74) is 4.39. The van der Waals surface area contributed by atoms with Crippen molar-refractivity contribution >= 4 is 50.3 Å². The molecule has 0 aliphatic carbocycles.